The summed E-state index contributed by atoms with van der Waals surface area (Å²) in [6, 6.07) is 5.82. The zero-order valence-electron chi connectivity index (χ0n) is 11.0. The van der Waals surface area contributed by atoms with Crippen LogP contribution in [0.3, 0.4) is 0 Å². The Bertz CT molecular complexity index is 444. The molecular formula is C13H14NNaO4. The molecule has 1 N–H and O–H groups in total. The van der Waals surface area contributed by atoms with Gasteiger partial charge in [0.25, 0.3) is 0 Å². The van der Waals surface area contributed by atoms with Crippen molar-refractivity contribution < 1.29 is 49.0 Å². The quantitative estimate of drug-likeness (QED) is 0.433. The van der Waals surface area contributed by atoms with Gasteiger partial charge >= 0.3 is 29.6 Å². The van der Waals surface area contributed by atoms with Crippen molar-refractivity contribution in [1.82, 2.24) is 5.32 Å². The first-order valence-electron chi connectivity index (χ1n) is 5.33. The van der Waals surface area contributed by atoms with Crippen LogP contribution in [0.15, 0.2) is 36.9 Å². The van der Waals surface area contributed by atoms with Crippen LogP contribution in [0.25, 0.3) is 0 Å². The Morgan fingerprint density at radius 3 is 2.42 bits per heavy atom. The molecule has 0 aliphatic heterocycles. The van der Waals surface area contributed by atoms with E-state index in [0.29, 0.717) is 5.75 Å². The molecule has 96 valence electrons. The van der Waals surface area contributed by atoms with Gasteiger partial charge in [-0.1, -0.05) is 18.7 Å². The molecule has 0 bridgehead atoms. The number of nitrogens with one attached hydrogen (secondary N) is 1. The number of carbonyl (C=O) groups is 2. The molecule has 5 nitrogen and oxygen atoms in total. The molecule has 1 rings (SSSR count). The summed E-state index contributed by atoms with van der Waals surface area (Å²) in [5.74, 6) is -1.20. The number of aliphatic carboxylic acids is 1. The van der Waals surface area contributed by atoms with Gasteiger partial charge in [0.15, 0.2) is 0 Å². The number of rotatable bonds is 6. The molecule has 1 aromatic carbocycles. The molecule has 1 amide bonds. The molecule has 0 aliphatic rings. The van der Waals surface area contributed by atoms with Crippen molar-refractivity contribution in [3.8, 4) is 5.75 Å². The minimum atomic E-state index is -1.33. The van der Waals surface area contributed by atoms with E-state index in [1.807, 2.05) is 0 Å². The SMILES string of the molecule is C=CC(=O)N[C@@H](Cc1ccc(OC)cc1)C(=O)[O-].[Na+]. The number of carbonyl (C=O) groups excluding carboxylic acids is 2. The molecule has 0 saturated heterocycles. The Hall–Kier alpha value is -1.30. The van der Waals surface area contributed by atoms with Crippen molar-refractivity contribution in [2.24, 2.45) is 0 Å². The van der Waals surface area contributed by atoms with Gasteiger partial charge in [0.1, 0.15) is 5.75 Å². The summed E-state index contributed by atoms with van der Waals surface area (Å²) in [4.78, 5) is 22.0. The second kappa shape index (κ2) is 8.74. The van der Waals surface area contributed by atoms with E-state index in [2.05, 4.69) is 11.9 Å². The van der Waals surface area contributed by atoms with E-state index in [1.54, 1.807) is 31.4 Å². The second-order valence-electron chi connectivity index (χ2n) is 3.64. The summed E-state index contributed by atoms with van der Waals surface area (Å²) < 4.78 is 4.99. The summed E-state index contributed by atoms with van der Waals surface area (Å²) in [5, 5.41) is 13.2. The predicted octanol–water partition coefficient (Wildman–Crippen LogP) is -3.34. The van der Waals surface area contributed by atoms with Crippen LogP contribution in [0.4, 0.5) is 0 Å². The van der Waals surface area contributed by atoms with Crippen molar-refractivity contribution >= 4 is 11.9 Å². The van der Waals surface area contributed by atoms with Crippen LogP contribution in [0.2, 0.25) is 0 Å². The van der Waals surface area contributed by atoms with E-state index < -0.39 is 17.9 Å². The Morgan fingerprint density at radius 1 is 1.42 bits per heavy atom. The molecule has 0 unspecified atom stereocenters. The molecule has 1 atom stereocenters. The number of methoxy groups -OCH3 is 1. The molecule has 0 heterocycles. The Labute approximate surface area is 133 Å². The van der Waals surface area contributed by atoms with Gasteiger partial charge < -0.3 is 20.0 Å². The summed E-state index contributed by atoms with van der Waals surface area (Å²) in [7, 11) is 1.54. The molecule has 0 spiro atoms. The summed E-state index contributed by atoms with van der Waals surface area (Å²) in [6.07, 6.45) is 1.16. The standard InChI is InChI=1S/C13H15NO4.Na/c1-3-12(15)14-11(13(16)17)8-9-4-6-10(18-2)7-5-9;/h3-7,11H,1,8H2,2H3,(H,14,15)(H,16,17);/q;+1/p-1/t11-;/m0./s1. The van der Waals surface area contributed by atoms with Crippen molar-refractivity contribution in [2.75, 3.05) is 7.11 Å². The van der Waals surface area contributed by atoms with Gasteiger partial charge in [0.05, 0.1) is 19.1 Å². The van der Waals surface area contributed by atoms with E-state index >= 15 is 0 Å². The maximum atomic E-state index is 11.1. The van der Waals surface area contributed by atoms with Crippen LogP contribution in [-0.2, 0) is 16.0 Å². The smallest absolute Gasteiger partial charge is 0.548 e. The second-order valence-corrected chi connectivity index (χ2v) is 3.64. The minimum Gasteiger partial charge on any atom is -0.548 e. The first kappa shape index (κ1) is 17.7. The number of hydrogen-bond donors (Lipinski definition) is 1. The van der Waals surface area contributed by atoms with E-state index in [1.165, 1.54) is 0 Å². The molecule has 6 heteroatoms. The van der Waals surface area contributed by atoms with Gasteiger partial charge in [-0.25, -0.2) is 0 Å². The minimum absolute atomic E-state index is 0. The third kappa shape index (κ3) is 5.92. The first-order valence-corrected chi connectivity index (χ1v) is 5.33. The maximum Gasteiger partial charge on any atom is 1.00 e. The summed E-state index contributed by atoms with van der Waals surface area (Å²) in [6.45, 7) is 3.26. The van der Waals surface area contributed by atoms with Gasteiger partial charge in [-0.15, -0.1) is 0 Å². The monoisotopic (exact) mass is 271 g/mol. The van der Waals surface area contributed by atoms with Crippen LogP contribution in [0.1, 0.15) is 5.56 Å². The fourth-order valence-corrected chi connectivity index (χ4v) is 1.42. The van der Waals surface area contributed by atoms with Crippen molar-refractivity contribution in [3.63, 3.8) is 0 Å². The maximum absolute atomic E-state index is 11.1. The van der Waals surface area contributed by atoms with Crippen molar-refractivity contribution in [3.05, 3.63) is 42.5 Å². The van der Waals surface area contributed by atoms with Crippen LogP contribution in [0, 0.1) is 0 Å². The molecule has 0 aromatic heterocycles. The third-order valence-corrected chi connectivity index (χ3v) is 2.39. The molecule has 0 aliphatic carbocycles. The van der Waals surface area contributed by atoms with E-state index in [-0.39, 0.29) is 36.0 Å². The largest absolute Gasteiger partial charge is 1.00 e. The van der Waals surface area contributed by atoms with Gasteiger partial charge in [0.2, 0.25) is 5.91 Å². The van der Waals surface area contributed by atoms with Gasteiger partial charge in [-0.3, -0.25) is 4.79 Å². The predicted molar refractivity (Wildman–Crippen MR) is 63.8 cm³/mol. The average molecular weight is 271 g/mol. The van der Waals surface area contributed by atoms with Gasteiger partial charge in [0, 0.05) is 0 Å². The number of carboxylic acids is 1. The van der Waals surface area contributed by atoms with Crippen LogP contribution >= 0.6 is 0 Å². The molecule has 0 saturated carbocycles. The topological polar surface area (TPSA) is 78.5 Å². The number of carboxylic acid groups (broad SMARTS) is 1. The van der Waals surface area contributed by atoms with Crippen molar-refractivity contribution in [1.29, 1.82) is 0 Å². The van der Waals surface area contributed by atoms with E-state index in [0.717, 1.165) is 11.6 Å². The Morgan fingerprint density at radius 2 is 2.00 bits per heavy atom. The fraction of sp³-hybridized carbons (Fsp3) is 0.231. The third-order valence-electron chi connectivity index (χ3n) is 2.39. The van der Waals surface area contributed by atoms with E-state index in [9.17, 15) is 14.7 Å². The summed E-state index contributed by atoms with van der Waals surface area (Å²) >= 11 is 0. The molecule has 19 heavy (non-hydrogen) atoms. The fourth-order valence-electron chi connectivity index (χ4n) is 1.42. The number of benzene rings is 1. The number of amides is 1. The van der Waals surface area contributed by atoms with Crippen LogP contribution < -0.4 is 44.7 Å². The summed E-state index contributed by atoms with van der Waals surface area (Å²) in [5.41, 5.74) is 0.759. The van der Waals surface area contributed by atoms with Crippen LogP contribution in [0.5, 0.6) is 5.75 Å². The Balaban J connectivity index is 0.00000324. The average Bonchev–Trinajstić information content (AvgIpc) is 2.38. The molecule has 0 radical (unpaired) electrons. The van der Waals surface area contributed by atoms with E-state index in [4.69, 9.17) is 4.74 Å². The number of ether oxygens (including phenoxy) is 1. The normalized spacial score (nSPS) is 10.8. The first-order chi connectivity index (χ1) is 8.56. The molecular weight excluding hydrogens is 257 g/mol. The molecule has 0 fully saturated rings. The zero-order valence-corrected chi connectivity index (χ0v) is 13.0. The van der Waals surface area contributed by atoms with Crippen LogP contribution in [-0.4, -0.2) is 25.0 Å². The molecule has 1 aromatic rings. The van der Waals surface area contributed by atoms with Gasteiger partial charge in [-0.2, -0.15) is 0 Å². The van der Waals surface area contributed by atoms with Gasteiger partial charge in [-0.05, 0) is 30.2 Å². The van der Waals surface area contributed by atoms with Crippen molar-refractivity contribution in [2.45, 2.75) is 12.5 Å². The number of hydrogen-bond acceptors (Lipinski definition) is 4. The zero-order chi connectivity index (χ0) is 13.5. The Kier molecular flexibility index (Phi) is 8.14.